The van der Waals surface area contributed by atoms with Gasteiger partial charge in [0.25, 0.3) is 5.91 Å². The third-order valence-corrected chi connectivity index (χ3v) is 2.51. The highest BCUT2D eigenvalue weighted by Crippen LogP contribution is 2.07. The van der Waals surface area contributed by atoms with Crippen LogP contribution in [0.3, 0.4) is 0 Å². The van der Waals surface area contributed by atoms with E-state index in [1.807, 2.05) is 13.8 Å². The molecular weight excluding hydrogens is 204 g/mol. The average Bonchev–Trinajstić information content (AvgIpc) is 2.72. The number of nitrogens with one attached hydrogen (secondary N) is 1. The first-order valence-electron chi connectivity index (χ1n) is 5.31. The number of nitrogens with zero attached hydrogens (tertiary/aromatic N) is 3. The fourth-order valence-corrected chi connectivity index (χ4v) is 1.39. The van der Waals surface area contributed by atoms with E-state index >= 15 is 0 Å². The molecule has 0 unspecified atom stereocenters. The van der Waals surface area contributed by atoms with Gasteiger partial charge in [0.05, 0.1) is 6.20 Å². The van der Waals surface area contributed by atoms with Gasteiger partial charge in [-0.2, -0.15) is 5.10 Å². The normalized spacial score (nSPS) is 12.6. The first-order valence-corrected chi connectivity index (χ1v) is 5.31. The lowest BCUT2D eigenvalue weighted by Gasteiger charge is -2.09. The summed E-state index contributed by atoms with van der Waals surface area (Å²) in [4.78, 5) is 16.0. The molecule has 0 saturated heterocycles. The van der Waals surface area contributed by atoms with Gasteiger partial charge >= 0.3 is 0 Å². The van der Waals surface area contributed by atoms with E-state index in [4.69, 9.17) is 0 Å². The van der Waals surface area contributed by atoms with Crippen LogP contribution in [0, 0.1) is 0 Å². The highest BCUT2D eigenvalue weighted by molar-refractivity contribution is 5.99. The van der Waals surface area contributed by atoms with E-state index in [1.54, 1.807) is 29.2 Å². The van der Waals surface area contributed by atoms with Crippen molar-refractivity contribution in [3.8, 4) is 0 Å². The second-order valence-electron chi connectivity index (χ2n) is 3.73. The van der Waals surface area contributed by atoms with Crippen LogP contribution in [0.4, 0.5) is 0 Å². The zero-order chi connectivity index (χ0) is 11.5. The smallest absolute Gasteiger partial charge is 0.256 e. The molecule has 2 rings (SSSR count). The van der Waals surface area contributed by atoms with E-state index in [9.17, 15) is 4.79 Å². The van der Waals surface area contributed by atoms with Gasteiger partial charge in [0.2, 0.25) is 0 Å². The van der Waals surface area contributed by atoms with Crippen LogP contribution in [0.5, 0.6) is 0 Å². The molecule has 0 spiro atoms. The zero-order valence-corrected chi connectivity index (χ0v) is 9.34. The SMILES string of the molecule is CC[C@H](C)NC(=O)c1cnn2cccnc12. The Balaban J connectivity index is 2.30. The molecule has 0 fully saturated rings. The number of fused-ring (bicyclic) bond motifs is 1. The van der Waals surface area contributed by atoms with Crippen molar-refractivity contribution in [2.75, 3.05) is 0 Å². The Bertz CT molecular complexity index is 505. The number of aromatic nitrogens is 3. The van der Waals surface area contributed by atoms with Gasteiger partial charge in [0, 0.05) is 18.4 Å². The van der Waals surface area contributed by atoms with Gasteiger partial charge in [0.1, 0.15) is 5.56 Å². The van der Waals surface area contributed by atoms with Crippen LogP contribution in [0.2, 0.25) is 0 Å². The van der Waals surface area contributed by atoms with E-state index in [1.165, 1.54) is 0 Å². The molecule has 0 radical (unpaired) electrons. The van der Waals surface area contributed by atoms with Crippen LogP contribution in [-0.4, -0.2) is 26.5 Å². The van der Waals surface area contributed by atoms with E-state index in [0.717, 1.165) is 6.42 Å². The molecule has 1 amide bonds. The van der Waals surface area contributed by atoms with Gasteiger partial charge < -0.3 is 5.32 Å². The summed E-state index contributed by atoms with van der Waals surface area (Å²) in [6.07, 6.45) is 5.86. The van der Waals surface area contributed by atoms with Crippen molar-refractivity contribution in [1.82, 2.24) is 19.9 Å². The lowest BCUT2D eigenvalue weighted by molar-refractivity contribution is 0.0940. The van der Waals surface area contributed by atoms with Gasteiger partial charge in [-0.25, -0.2) is 9.50 Å². The number of amides is 1. The van der Waals surface area contributed by atoms with E-state index in [-0.39, 0.29) is 11.9 Å². The summed E-state index contributed by atoms with van der Waals surface area (Å²) in [5.41, 5.74) is 1.10. The van der Waals surface area contributed by atoms with Gasteiger partial charge in [-0.15, -0.1) is 0 Å². The van der Waals surface area contributed by atoms with Gasteiger partial charge in [0.15, 0.2) is 5.65 Å². The maximum atomic E-state index is 11.9. The molecule has 1 atom stereocenters. The summed E-state index contributed by atoms with van der Waals surface area (Å²) in [6.45, 7) is 4.00. The molecule has 5 heteroatoms. The quantitative estimate of drug-likeness (QED) is 0.843. The summed E-state index contributed by atoms with van der Waals surface area (Å²) >= 11 is 0. The largest absolute Gasteiger partial charge is 0.349 e. The predicted octanol–water partition coefficient (Wildman–Crippen LogP) is 1.26. The second-order valence-corrected chi connectivity index (χ2v) is 3.73. The van der Waals surface area contributed by atoms with Gasteiger partial charge in [-0.05, 0) is 19.4 Å². The standard InChI is InChI=1S/C11H14N4O/c1-3-8(2)14-11(16)9-7-13-15-6-4-5-12-10(9)15/h4-8H,3H2,1-2H3,(H,14,16)/t8-/m0/s1. The number of carbonyl (C=O) groups excluding carboxylic acids is 1. The monoisotopic (exact) mass is 218 g/mol. The number of hydrogen-bond donors (Lipinski definition) is 1. The number of carbonyl (C=O) groups is 1. The lowest BCUT2D eigenvalue weighted by Crippen LogP contribution is -2.31. The summed E-state index contributed by atoms with van der Waals surface area (Å²) < 4.78 is 1.59. The zero-order valence-electron chi connectivity index (χ0n) is 9.34. The van der Waals surface area contributed by atoms with Gasteiger partial charge in [-0.3, -0.25) is 4.79 Å². The Morgan fingerprint density at radius 1 is 1.62 bits per heavy atom. The number of hydrogen-bond acceptors (Lipinski definition) is 3. The molecule has 84 valence electrons. The van der Waals surface area contributed by atoms with Crippen molar-refractivity contribution < 1.29 is 4.79 Å². The summed E-state index contributed by atoms with van der Waals surface area (Å²) in [6, 6.07) is 1.93. The topological polar surface area (TPSA) is 59.3 Å². The average molecular weight is 218 g/mol. The number of rotatable bonds is 3. The maximum absolute atomic E-state index is 11.9. The van der Waals surface area contributed by atoms with Crippen LogP contribution in [0.1, 0.15) is 30.6 Å². The molecule has 16 heavy (non-hydrogen) atoms. The molecule has 0 saturated carbocycles. The molecule has 0 aliphatic carbocycles. The van der Waals surface area contributed by atoms with Gasteiger partial charge in [-0.1, -0.05) is 6.92 Å². The summed E-state index contributed by atoms with van der Waals surface area (Å²) in [5, 5.41) is 6.96. The van der Waals surface area contributed by atoms with Crippen LogP contribution >= 0.6 is 0 Å². The van der Waals surface area contributed by atoms with E-state index in [0.29, 0.717) is 11.2 Å². The molecule has 0 bridgehead atoms. The van der Waals surface area contributed by atoms with Crippen molar-refractivity contribution in [3.05, 3.63) is 30.2 Å². The van der Waals surface area contributed by atoms with Crippen molar-refractivity contribution in [2.24, 2.45) is 0 Å². The Morgan fingerprint density at radius 2 is 2.44 bits per heavy atom. The second kappa shape index (κ2) is 4.30. The predicted molar refractivity (Wildman–Crippen MR) is 60.2 cm³/mol. The minimum Gasteiger partial charge on any atom is -0.349 e. The molecule has 2 aromatic heterocycles. The molecule has 0 aromatic carbocycles. The molecular formula is C11H14N4O. The van der Waals surface area contributed by atoms with E-state index in [2.05, 4.69) is 15.4 Å². The Morgan fingerprint density at radius 3 is 3.19 bits per heavy atom. The van der Waals surface area contributed by atoms with Crippen molar-refractivity contribution in [1.29, 1.82) is 0 Å². The minimum atomic E-state index is -0.122. The van der Waals surface area contributed by atoms with Crippen LogP contribution in [0.25, 0.3) is 5.65 Å². The minimum absolute atomic E-state index is 0.122. The summed E-state index contributed by atoms with van der Waals surface area (Å²) in [7, 11) is 0. The highest BCUT2D eigenvalue weighted by atomic mass is 16.1. The molecule has 1 N–H and O–H groups in total. The van der Waals surface area contributed by atoms with Crippen molar-refractivity contribution in [2.45, 2.75) is 26.3 Å². The van der Waals surface area contributed by atoms with E-state index < -0.39 is 0 Å². The maximum Gasteiger partial charge on any atom is 0.256 e. The Hall–Kier alpha value is -1.91. The lowest BCUT2D eigenvalue weighted by atomic mass is 10.2. The third kappa shape index (κ3) is 1.88. The first-order chi connectivity index (χ1) is 7.72. The van der Waals surface area contributed by atoms with Crippen molar-refractivity contribution >= 4 is 11.6 Å². The molecule has 2 heterocycles. The summed E-state index contributed by atoms with van der Waals surface area (Å²) in [5.74, 6) is -0.122. The highest BCUT2D eigenvalue weighted by Gasteiger charge is 2.14. The third-order valence-electron chi connectivity index (χ3n) is 2.51. The Kier molecular flexibility index (Phi) is 2.85. The molecule has 2 aromatic rings. The first kappa shape index (κ1) is 10.6. The fourth-order valence-electron chi connectivity index (χ4n) is 1.39. The van der Waals surface area contributed by atoms with Crippen molar-refractivity contribution in [3.63, 3.8) is 0 Å². The van der Waals surface area contributed by atoms with Crippen LogP contribution in [-0.2, 0) is 0 Å². The molecule has 0 aliphatic heterocycles. The van der Waals surface area contributed by atoms with Crippen LogP contribution in [0.15, 0.2) is 24.7 Å². The fraction of sp³-hybridized carbons (Fsp3) is 0.364. The molecule has 5 nitrogen and oxygen atoms in total. The molecule has 0 aliphatic rings. The Labute approximate surface area is 93.5 Å². The van der Waals surface area contributed by atoms with Crippen LogP contribution < -0.4 is 5.32 Å².